The number of fused-ring (bicyclic) bond motifs is 3. The SMILES string of the molecule is CN1CCC(c2ccc(Nc3ncc4cc(-c5nccn5S(C)(=O)=O)c(=O)n(CCN5CCOCC5)c4n3)cc2)CC1.CN1CCN(c2ccc(Nc3ncc4cc(-c5cccc(S(=O)C6CC6)c5)c(=O)n(CCN(C)S(C)(=O)=O)c4n3)cc2)CC1.Cc1ccccc1Cn1c(=O)c(-c2ccccc2S(=O)(=O)C(C)C)cc2cnc(Nc3ccc(N4CCNCC4)c(C)c3)nc21. The number of sulfone groups is 1. The molecule has 36 heteroatoms. The zero-order valence-corrected chi connectivity index (χ0v) is 78.4. The number of hydrogen-bond donors (Lipinski definition) is 4. The van der Waals surface area contributed by atoms with Crippen LogP contribution in [0.3, 0.4) is 0 Å². The van der Waals surface area contributed by atoms with Crippen LogP contribution in [0.2, 0.25) is 0 Å². The highest BCUT2D eigenvalue weighted by molar-refractivity contribution is 7.92. The summed E-state index contributed by atoms with van der Waals surface area (Å²) >= 11 is 0. The van der Waals surface area contributed by atoms with E-state index in [0.717, 1.165) is 160 Å². The number of morpholine rings is 1. The quantitative estimate of drug-likeness (QED) is 0.0391. The standard InChI is InChI=1S/C35H38N6O3S.C31H37N7O4S2.C29H36N8O4S/c1-23(2)45(43,44)32-12-8-7-11-29(32)30-20-27-21-37-35(38-28-13-14-31(25(4)19-28)40-17-15-36-16-18-40)39-33(27)41(34(30)42)22-26-10-6-5-9-24(26)3;1-35-13-16-37(17-14-35)25-9-7-24(8-10-25)33-31-32-21-23-20-28(22-5-4-6-27(19-22)43(40)26-11-12-26)30(39)38(29(23)34-31)18-15-36(2)44(3,41)42;1-34-10-7-22(8-11-34)21-3-5-24(6-4-21)32-29-31-20-23-19-25(27-30-9-12-37(27)42(2,39)40)28(38)36(26(23)33-29)14-13-35-15-17-41-18-16-35/h5-14,19-21,23,36H,15-18,22H2,1-4H3,(H,37,38,39);4-10,19-21,26H,11-18H2,1-3H3,(H,32,33,34);3-6,9,12,19-20,22H,7-8,10-11,13-18H2,1-2H3,(H,31,32,33). The number of sulfonamides is 1. The van der Waals surface area contributed by atoms with E-state index in [9.17, 15) is 43.8 Å². The van der Waals surface area contributed by atoms with Crippen LogP contribution in [0.5, 0.6) is 0 Å². The molecule has 1 unspecified atom stereocenters. The Hall–Kier alpha value is -11.8. The van der Waals surface area contributed by atoms with E-state index in [1.165, 1.54) is 39.6 Å². The molecule has 0 amide bonds. The summed E-state index contributed by atoms with van der Waals surface area (Å²) in [5.41, 5.74) is 11.6. The molecule has 5 fully saturated rings. The Kier molecular flexibility index (Phi) is 28.3. The molecule has 1 atom stereocenters. The number of likely N-dealkylation sites (N-methyl/N-ethyl adjacent to an activating group) is 2. The van der Waals surface area contributed by atoms with Gasteiger partial charge in [-0.05, 0) is 205 Å². The highest BCUT2D eigenvalue weighted by atomic mass is 32.2. The van der Waals surface area contributed by atoms with Gasteiger partial charge in [0, 0.05) is 201 Å². The molecule has 5 aliphatic rings. The predicted molar refractivity (Wildman–Crippen MR) is 519 cm³/mol. The van der Waals surface area contributed by atoms with Crippen LogP contribution in [0.25, 0.3) is 66.7 Å². The van der Waals surface area contributed by atoms with E-state index in [-0.39, 0.29) is 57.8 Å². The third kappa shape index (κ3) is 21.7. The summed E-state index contributed by atoms with van der Waals surface area (Å²) < 4.78 is 101. The molecule has 1 saturated carbocycles. The fraction of sp³-hybridized carbons (Fsp3) is 0.368. The maximum atomic E-state index is 14.3. The van der Waals surface area contributed by atoms with Crippen LogP contribution < -0.4 is 47.7 Å². The normalized spacial score (nSPS) is 16.1. The van der Waals surface area contributed by atoms with Crippen molar-refractivity contribution in [3.05, 3.63) is 242 Å². The summed E-state index contributed by atoms with van der Waals surface area (Å²) in [5, 5.41) is 14.7. The first-order valence-corrected chi connectivity index (χ1v) is 50.7. The van der Waals surface area contributed by atoms with Crippen LogP contribution in [-0.4, -0.2) is 250 Å². The molecule has 32 nitrogen and oxygen atoms in total. The third-order valence-electron chi connectivity index (χ3n) is 24.8. The van der Waals surface area contributed by atoms with Crippen molar-refractivity contribution in [3.63, 3.8) is 0 Å². The average Bonchev–Trinajstić information content (AvgIpc) is 1.29. The van der Waals surface area contributed by atoms with Crippen LogP contribution in [0.15, 0.2) is 213 Å². The number of nitrogens with one attached hydrogen (secondary N) is 4. The minimum Gasteiger partial charge on any atom is -0.379 e. The number of nitrogens with zero attached hydrogens (tertiary/aromatic N) is 17. The summed E-state index contributed by atoms with van der Waals surface area (Å²) in [5.74, 6) is 1.70. The van der Waals surface area contributed by atoms with Crippen LogP contribution >= 0.6 is 0 Å². The monoisotopic (exact) mass is 1850 g/mol. The number of aryl methyl sites for hydroxylation is 2. The van der Waals surface area contributed by atoms with Gasteiger partial charge >= 0.3 is 0 Å². The Morgan fingerprint density at radius 1 is 0.534 bits per heavy atom. The minimum absolute atomic E-state index is 0.0661. The molecule has 13 aromatic rings. The number of imidazole rings is 1. The van der Waals surface area contributed by atoms with Crippen molar-refractivity contribution in [3.8, 4) is 33.6 Å². The van der Waals surface area contributed by atoms with Gasteiger partial charge in [-0.1, -0.05) is 66.7 Å². The van der Waals surface area contributed by atoms with Crippen LogP contribution in [-0.2, 0) is 65.1 Å². The molecular formula is C95H111N21O11S4. The van der Waals surface area contributed by atoms with Gasteiger partial charge in [0.2, 0.25) is 37.9 Å². The maximum Gasteiger partial charge on any atom is 0.263 e. The molecule has 0 spiro atoms. The molecule has 4 aliphatic heterocycles. The Morgan fingerprint density at radius 3 is 1.70 bits per heavy atom. The van der Waals surface area contributed by atoms with Gasteiger partial charge in [0.1, 0.15) is 16.9 Å². The smallest absolute Gasteiger partial charge is 0.263 e. The van der Waals surface area contributed by atoms with E-state index in [4.69, 9.17) is 19.7 Å². The molecule has 686 valence electrons. The van der Waals surface area contributed by atoms with Gasteiger partial charge in [-0.25, -0.2) is 53.5 Å². The fourth-order valence-corrected chi connectivity index (χ4v) is 20.6. The Balaban J connectivity index is 0.000000144. The minimum atomic E-state index is -3.66. The van der Waals surface area contributed by atoms with E-state index in [1.807, 2.05) is 85.8 Å². The summed E-state index contributed by atoms with van der Waals surface area (Å²) in [6.45, 7) is 21.8. The molecule has 18 rings (SSSR count). The molecule has 0 radical (unpaired) electrons. The lowest BCUT2D eigenvalue weighted by Crippen LogP contribution is -2.44. The van der Waals surface area contributed by atoms with Crippen molar-refractivity contribution in [1.29, 1.82) is 0 Å². The third-order valence-corrected chi connectivity index (χ3v) is 31.1. The van der Waals surface area contributed by atoms with Crippen LogP contribution in [0.1, 0.15) is 67.7 Å². The zero-order valence-electron chi connectivity index (χ0n) is 75.1. The summed E-state index contributed by atoms with van der Waals surface area (Å²) in [6.07, 6.45) is 14.1. The molecule has 1 aliphatic carbocycles. The highest BCUT2D eigenvalue weighted by Crippen LogP contribution is 2.36. The summed E-state index contributed by atoms with van der Waals surface area (Å²) in [6, 6.07) is 49.7. The first kappa shape index (κ1) is 92.4. The van der Waals surface area contributed by atoms with Crippen molar-refractivity contribution in [2.75, 3.05) is 164 Å². The van der Waals surface area contributed by atoms with E-state index < -0.39 is 45.9 Å². The van der Waals surface area contributed by atoms with Crippen LogP contribution in [0.4, 0.5) is 46.3 Å². The van der Waals surface area contributed by atoms with Crippen molar-refractivity contribution in [1.82, 2.24) is 76.9 Å². The van der Waals surface area contributed by atoms with Crippen LogP contribution in [0, 0.1) is 13.8 Å². The second-order valence-electron chi connectivity index (χ2n) is 34.4. The molecule has 6 aromatic carbocycles. The molecule has 0 bridgehead atoms. The predicted octanol–water partition coefficient (Wildman–Crippen LogP) is 10.9. The number of hydrogen-bond acceptors (Lipinski definition) is 27. The second-order valence-corrected chi connectivity index (χ2v) is 42.6. The van der Waals surface area contributed by atoms with Crippen molar-refractivity contribution in [2.24, 2.45) is 0 Å². The van der Waals surface area contributed by atoms with Crippen molar-refractivity contribution >= 4 is 120 Å². The fourth-order valence-electron chi connectivity index (χ4n) is 16.8. The Morgan fingerprint density at radius 2 is 1.09 bits per heavy atom. The first-order valence-electron chi connectivity index (χ1n) is 44.2. The average molecular weight is 1850 g/mol. The number of pyridine rings is 3. The molecular weight excluding hydrogens is 1740 g/mol. The van der Waals surface area contributed by atoms with E-state index >= 15 is 0 Å². The van der Waals surface area contributed by atoms with Crippen molar-refractivity contribution < 1.29 is 34.2 Å². The lowest BCUT2D eigenvalue weighted by molar-refractivity contribution is 0.0364. The highest BCUT2D eigenvalue weighted by Gasteiger charge is 2.32. The molecule has 4 N–H and O–H groups in total. The van der Waals surface area contributed by atoms with Gasteiger partial charge in [-0.3, -0.25) is 37.2 Å². The van der Waals surface area contributed by atoms with Gasteiger partial charge in [0.05, 0.1) is 58.8 Å². The largest absolute Gasteiger partial charge is 0.379 e. The Labute approximate surface area is 765 Å². The molecule has 7 aromatic heterocycles. The lowest BCUT2D eigenvalue weighted by Gasteiger charge is -2.34. The number of likely N-dealkylation sites (tertiary alicyclic amines) is 1. The van der Waals surface area contributed by atoms with Gasteiger partial charge in [-0.15, -0.1) is 0 Å². The van der Waals surface area contributed by atoms with Gasteiger partial charge in [0.25, 0.3) is 16.7 Å². The number of anilines is 8. The number of rotatable bonds is 26. The van der Waals surface area contributed by atoms with Gasteiger partial charge < -0.3 is 45.6 Å². The second kappa shape index (κ2) is 40.1. The number of piperidine rings is 1. The number of aromatic nitrogens is 11. The summed E-state index contributed by atoms with van der Waals surface area (Å²) in [7, 11) is -6.10. The number of ether oxygens (including phenoxy) is 1. The number of benzene rings is 6. The maximum absolute atomic E-state index is 14.3. The van der Waals surface area contributed by atoms with E-state index in [2.05, 4.69) is 123 Å². The summed E-state index contributed by atoms with van der Waals surface area (Å²) in [4.78, 5) is 86.9. The zero-order chi connectivity index (χ0) is 92.0. The van der Waals surface area contributed by atoms with Gasteiger partial charge in [0.15, 0.2) is 15.7 Å². The number of piperazine rings is 2. The van der Waals surface area contributed by atoms with E-state index in [0.29, 0.717) is 110 Å². The van der Waals surface area contributed by atoms with Gasteiger partial charge in [-0.2, -0.15) is 15.0 Å². The topological polar surface area (TPSA) is 357 Å². The van der Waals surface area contributed by atoms with Crippen molar-refractivity contribution in [2.45, 2.75) is 99.2 Å². The van der Waals surface area contributed by atoms with E-state index in [1.54, 1.807) is 84.0 Å². The molecule has 4 saturated heterocycles. The molecule has 131 heavy (non-hydrogen) atoms. The molecule has 11 heterocycles. The Bertz CT molecular complexity index is 6950. The lowest BCUT2D eigenvalue weighted by atomic mass is 9.89. The first-order chi connectivity index (χ1) is 62.9.